The summed E-state index contributed by atoms with van der Waals surface area (Å²) in [6.45, 7) is 2.04. The van der Waals surface area contributed by atoms with Gasteiger partial charge in [0.1, 0.15) is 5.82 Å². The molecule has 98 valence electrons. The molecule has 1 amide bonds. The van der Waals surface area contributed by atoms with E-state index in [4.69, 9.17) is 10.8 Å². The minimum Gasteiger partial charge on any atom is -0.399 e. The standard InChI is InChI=1S/C13H17FN2O2/c1-7-2-9(15)5-11(12(7)14)13(18)16-6-8-3-10(17)4-8/h2,5,8,10,17H,3-4,6,15H2,1H3,(H,16,18). The summed E-state index contributed by atoms with van der Waals surface area (Å²) < 4.78 is 13.8. The van der Waals surface area contributed by atoms with Crippen molar-refractivity contribution in [2.45, 2.75) is 25.9 Å². The maximum absolute atomic E-state index is 13.8. The lowest BCUT2D eigenvalue weighted by atomic mass is 9.82. The van der Waals surface area contributed by atoms with Crippen molar-refractivity contribution in [3.05, 3.63) is 29.1 Å². The minimum absolute atomic E-state index is 0.0210. The van der Waals surface area contributed by atoms with Crippen molar-refractivity contribution in [2.75, 3.05) is 12.3 Å². The summed E-state index contributed by atoms with van der Waals surface area (Å²) >= 11 is 0. The Morgan fingerprint density at radius 2 is 2.22 bits per heavy atom. The maximum atomic E-state index is 13.8. The Kier molecular flexibility index (Phi) is 3.52. The molecule has 0 unspecified atom stereocenters. The number of benzene rings is 1. The molecule has 0 aliphatic heterocycles. The summed E-state index contributed by atoms with van der Waals surface area (Å²) in [4.78, 5) is 11.8. The molecule has 0 spiro atoms. The van der Waals surface area contributed by atoms with E-state index in [-0.39, 0.29) is 17.6 Å². The summed E-state index contributed by atoms with van der Waals surface area (Å²) in [7, 11) is 0. The highest BCUT2D eigenvalue weighted by molar-refractivity contribution is 5.95. The number of nitrogens with two attached hydrogens (primary N) is 1. The van der Waals surface area contributed by atoms with Gasteiger partial charge in [0.15, 0.2) is 0 Å². The predicted molar refractivity (Wildman–Crippen MR) is 66.6 cm³/mol. The van der Waals surface area contributed by atoms with E-state index >= 15 is 0 Å². The molecular weight excluding hydrogens is 235 g/mol. The molecule has 1 aliphatic rings. The number of carbonyl (C=O) groups is 1. The number of halogens is 1. The first-order chi connectivity index (χ1) is 8.47. The second-order valence-corrected chi connectivity index (χ2v) is 4.90. The third-order valence-corrected chi connectivity index (χ3v) is 3.28. The quantitative estimate of drug-likeness (QED) is 0.708. The Balaban J connectivity index is 2.00. The first-order valence-corrected chi connectivity index (χ1v) is 5.99. The number of aryl methyl sites for hydroxylation is 1. The average Bonchev–Trinajstić information content (AvgIpc) is 2.27. The maximum Gasteiger partial charge on any atom is 0.254 e. The molecule has 0 aromatic heterocycles. The van der Waals surface area contributed by atoms with Gasteiger partial charge in [0.05, 0.1) is 11.7 Å². The third kappa shape index (κ3) is 2.61. The van der Waals surface area contributed by atoms with Gasteiger partial charge in [0, 0.05) is 12.2 Å². The normalized spacial score (nSPS) is 22.4. The highest BCUT2D eigenvalue weighted by Crippen LogP contribution is 2.26. The Hall–Kier alpha value is -1.62. The molecule has 0 atom stereocenters. The van der Waals surface area contributed by atoms with Gasteiger partial charge < -0.3 is 16.2 Å². The zero-order chi connectivity index (χ0) is 13.3. The molecular formula is C13H17FN2O2. The van der Waals surface area contributed by atoms with Crippen LogP contribution in [0.25, 0.3) is 0 Å². The van der Waals surface area contributed by atoms with E-state index in [1.807, 2.05) is 0 Å². The van der Waals surface area contributed by atoms with Crippen LogP contribution in [0.4, 0.5) is 10.1 Å². The first-order valence-electron chi connectivity index (χ1n) is 5.99. The molecule has 4 N–H and O–H groups in total. The molecule has 2 rings (SSSR count). The molecule has 18 heavy (non-hydrogen) atoms. The summed E-state index contributed by atoms with van der Waals surface area (Å²) in [6.07, 6.45) is 1.13. The highest BCUT2D eigenvalue weighted by Gasteiger charge is 2.27. The third-order valence-electron chi connectivity index (χ3n) is 3.28. The number of hydrogen-bond donors (Lipinski definition) is 3. The van der Waals surface area contributed by atoms with Crippen molar-refractivity contribution >= 4 is 11.6 Å². The van der Waals surface area contributed by atoms with Crippen LogP contribution in [-0.4, -0.2) is 23.7 Å². The Morgan fingerprint density at radius 1 is 1.56 bits per heavy atom. The van der Waals surface area contributed by atoms with Crippen LogP contribution in [0.2, 0.25) is 0 Å². The lowest BCUT2D eigenvalue weighted by Gasteiger charge is -2.31. The van der Waals surface area contributed by atoms with Gasteiger partial charge in [0.2, 0.25) is 0 Å². The minimum atomic E-state index is -0.532. The highest BCUT2D eigenvalue weighted by atomic mass is 19.1. The van der Waals surface area contributed by atoms with Gasteiger partial charge in [-0.05, 0) is 43.4 Å². The van der Waals surface area contributed by atoms with E-state index in [0.717, 1.165) is 0 Å². The Labute approximate surface area is 105 Å². The predicted octanol–water partition coefficient (Wildman–Crippen LogP) is 1.22. The summed E-state index contributed by atoms with van der Waals surface area (Å²) in [5.41, 5.74) is 6.31. The monoisotopic (exact) mass is 252 g/mol. The molecule has 0 saturated heterocycles. The van der Waals surface area contributed by atoms with E-state index in [0.29, 0.717) is 30.6 Å². The molecule has 1 fully saturated rings. The van der Waals surface area contributed by atoms with Crippen molar-refractivity contribution < 1.29 is 14.3 Å². The van der Waals surface area contributed by atoms with Crippen molar-refractivity contribution in [1.82, 2.24) is 5.32 Å². The van der Waals surface area contributed by atoms with Crippen LogP contribution >= 0.6 is 0 Å². The molecule has 1 saturated carbocycles. The van der Waals surface area contributed by atoms with Gasteiger partial charge in [-0.15, -0.1) is 0 Å². The largest absolute Gasteiger partial charge is 0.399 e. The van der Waals surface area contributed by atoms with Crippen LogP contribution in [0.5, 0.6) is 0 Å². The second-order valence-electron chi connectivity index (χ2n) is 4.90. The number of nitrogens with one attached hydrogen (secondary N) is 1. The number of anilines is 1. The van der Waals surface area contributed by atoms with Crippen molar-refractivity contribution in [2.24, 2.45) is 5.92 Å². The summed E-state index contributed by atoms with van der Waals surface area (Å²) in [5, 5.41) is 11.8. The number of amides is 1. The van der Waals surface area contributed by atoms with E-state index < -0.39 is 11.7 Å². The Morgan fingerprint density at radius 3 is 2.83 bits per heavy atom. The number of rotatable bonds is 3. The van der Waals surface area contributed by atoms with Gasteiger partial charge in [-0.3, -0.25) is 4.79 Å². The van der Waals surface area contributed by atoms with E-state index in [2.05, 4.69) is 5.32 Å². The van der Waals surface area contributed by atoms with Crippen LogP contribution in [0, 0.1) is 18.7 Å². The lowest BCUT2D eigenvalue weighted by Crippen LogP contribution is -2.38. The van der Waals surface area contributed by atoms with Gasteiger partial charge >= 0.3 is 0 Å². The number of aliphatic hydroxyl groups excluding tert-OH is 1. The second kappa shape index (κ2) is 4.94. The molecule has 5 heteroatoms. The van der Waals surface area contributed by atoms with Gasteiger partial charge in [-0.1, -0.05) is 0 Å². The average molecular weight is 252 g/mol. The lowest BCUT2D eigenvalue weighted by molar-refractivity contribution is 0.0420. The SMILES string of the molecule is Cc1cc(N)cc(C(=O)NCC2CC(O)C2)c1F. The van der Waals surface area contributed by atoms with E-state index in [9.17, 15) is 9.18 Å². The molecule has 0 bridgehead atoms. The number of carbonyl (C=O) groups excluding carboxylic acids is 1. The molecule has 1 aliphatic carbocycles. The molecule has 1 aromatic rings. The van der Waals surface area contributed by atoms with Crippen molar-refractivity contribution in [3.63, 3.8) is 0 Å². The first kappa shape index (κ1) is 12.8. The van der Waals surface area contributed by atoms with Gasteiger partial charge in [0.25, 0.3) is 5.91 Å². The Bertz CT molecular complexity index is 470. The molecule has 1 aromatic carbocycles. The summed E-state index contributed by atoms with van der Waals surface area (Å²) in [6, 6.07) is 2.84. The van der Waals surface area contributed by atoms with Crippen LogP contribution in [0.3, 0.4) is 0 Å². The molecule has 0 heterocycles. The van der Waals surface area contributed by atoms with Gasteiger partial charge in [-0.25, -0.2) is 4.39 Å². The molecule has 0 radical (unpaired) electrons. The summed E-state index contributed by atoms with van der Waals surface area (Å²) in [5.74, 6) is -0.700. The van der Waals surface area contributed by atoms with E-state index in [1.165, 1.54) is 12.1 Å². The number of hydrogen-bond acceptors (Lipinski definition) is 3. The van der Waals surface area contributed by atoms with Crippen LogP contribution < -0.4 is 11.1 Å². The van der Waals surface area contributed by atoms with Crippen LogP contribution in [0.1, 0.15) is 28.8 Å². The fourth-order valence-electron chi connectivity index (χ4n) is 2.16. The van der Waals surface area contributed by atoms with Gasteiger partial charge in [-0.2, -0.15) is 0 Å². The van der Waals surface area contributed by atoms with Crippen molar-refractivity contribution in [3.8, 4) is 0 Å². The fraction of sp³-hybridized carbons (Fsp3) is 0.462. The van der Waals surface area contributed by atoms with Crippen LogP contribution in [0.15, 0.2) is 12.1 Å². The zero-order valence-electron chi connectivity index (χ0n) is 10.2. The van der Waals surface area contributed by atoms with Crippen molar-refractivity contribution in [1.29, 1.82) is 0 Å². The zero-order valence-corrected chi connectivity index (χ0v) is 10.2. The number of nitrogen functional groups attached to an aromatic ring is 1. The van der Waals surface area contributed by atoms with Crippen LogP contribution in [-0.2, 0) is 0 Å². The molecule has 4 nitrogen and oxygen atoms in total. The number of aliphatic hydroxyl groups is 1. The van der Waals surface area contributed by atoms with E-state index in [1.54, 1.807) is 6.92 Å². The smallest absolute Gasteiger partial charge is 0.254 e. The fourth-order valence-corrected chi connectivity index (χ4v) is 2.16. The topological polar surface area (TPSA) is 75.4 Å².